The van der Waals surface area contributed by atoms with Crippen LogP contribution in [0.1, 0.15) is 25.5 Å². The Labute approximate surface area is 89.5 Å². The molecule has 0 fully saturated rings. The SMILES string of the molecule is CCCC(CN)C(=O)NCc1cnc[nH]1. The number of nitrogens with one attached hydrogen (secondary N) is 2. The third-order valence-corrected chi connectivity index (χ3v) is 2.30. The minimum absolute atomic E-state index is 0.0222. The van der Waals surface area contributed by atoms with Gasteiger partial charge in [-0.05, 0) is 6.42 Å². The van der Waals surface area contributed by atoms with Gasteiger partial charge in [-0.1, -0.05) is 13.3 Å². The van der Waals surface area contributed by atoms with Gasteiger partial charge in [0.15, 0.2) is 0 Å². The van der Waals surface area contributed by atoms with Gasteiger partial charge in [-0.25, -0.2) is 4.98 Å². The van der Waals surface area contributed by atoms with Crippen LogP contribution in [-0.4, -0.2) is 22.4 Å². The summed E-state index contributed by atoms with van der Waals surface area (Å²) < 4.78 is 0. The number of amides is 1. The van der Waals surface area contributed by atoms with E-state index in [4.69, 9.17) is 5.73 Å². The molecule has 84 valence electrons. The standard InChI is InChI=1S/C10H18N4O/c1-2-3-8(4-11)10(15)13-6-9-5-12-7-14-9/h5,7-8H,2-4,6,11H2,1H3,(H,12,14)(H,13,15). The Bertz CT molecular complexity index is 284. The molecule has 0 bridgehead atoms. The molecular weight excluding hydrogens is 192 g/mol. The van der Waals surface area contributed by atoms with E-state index >= 15 is 0 Å². The number of nitrogens with two attached hydrogens (primary N) is 1. The van der Waals surface area contributed by atoms with E-state index in [2.05, 4.69) is 15.3 Å². The van der Waals surface area contributed by atoms with Crippen molar-refractivity contribution in [3.8, 4) is 0 Å². The molecule has 1 unspecified atom stereocenters. The van der Waals surface area contributed by atoms with Crippen molar-refractivity contribution >= 4 is 5.91 Å². The molecule has 1 amide bonds. The lowest BCUT2D eigenvalue weighted by Gasteiger charge is -2.13. The fourth-order valence-electron chi connectivity index (χ4n) is 1.41. The topological polar surface area (TPSA) is 83.8 Å². The van der Waals surface area contributed by atoms with Crippen molar-refractivity contribution in [2.45, 2.75) is 26.3 Å². The lowest BCUT2D eigenvalue weighted by molar-refractivity contribution is -0.125. The predicted molar refractivity (Wildman–Crippen MR) is 57.9 cm³/mol. The van der Waals surface area contributed by atoms with Crippen LogP contribution >= 0.6 is 0 Å². The second kappa shape index (κ2) is 6.19. The number of H-pyrrole nitrogens is 1. The molecule has 0 aliphatic carbocycles. The zero-order valence-electron chi connectivity index (χ0n) is 8.99. The van der Waals surface area contributed by atoms with E-state index in [0.717, 1.165) is 18.5 Å². The van der Waals surface area contributed by atoms with Crippen molar-refractivity contribution in [3.63, 3.8) is 0 Å². The summed E-state index contributed by atoms with van der Waals surface area (Å²) in [6.45, 7) is 2.94. The maximum Gasteiger partial charge on any atom is 0.224 e. The molecule has 15 heavy (non-hydrogen) atoms. The summed E-state index contributed by atoms with van der Waals surface area (Å²) in [7, 11) is 0. The van der Waals surface area contributed by atoms with Gasteiger partial charge >= 0.3 is 0 Å². The first-order valence-electron chi connectivity index (χ1n) is 5.23. The van der Waals surface area contributed by atoms with Gasteiger partial charge in [0, 0.05) is 12.7 Å². The first-order chi connectivity index (χ1) is 7.27. The van der Waals surface area contributed by atoms with Crippen LogP contribution in [0.5, 0.6) is 0 Å². The third kappa shape index (κ3) is 3.71. The Morgan fingerprint density at radius 3 is 3.07 bits per heavy atom. The van der Waals surface area contributed by atoms with E-state index in [1.54, 1.807) is 12.5 Å². The fourth-order valence-corrected chi connectivity index (χ4v) is 1.41. The molecule has 1 aromatic rings. The Morgan fingerprint density at radius 2 is 2.53 bits per heavy atom. The number of hydrogen-bond acceptors (Lipinski definition) is 3. The molecule has 4 N–H and O–H groups in total. The molecule has 5 nitrogen and oxygen atoms in total. The zero-order valence-corrected chi connectivity index (χ0v) is 8.99. The van der Waals surface area contributed by atoms with Crippen LogP contribution in [0.25, 0.3) is 0 Å². The van der Waals surface area contributed by atoms with Crippen LogP contribution in [0.15, 0.2) is 12.5 Å². The predicted octanol–water partition coefficient (Wildman–Crippen LogP) is 0.401. The van der Waals surface area contributed by atoms with Crippen molar-refractivity contribution in [1.29, 1.82) is 0 Å². The molecule has 1 aromatic heterocycles. The minimum atomic E-state index is -0.0714. The van der Waals surface area contributed by atoms with Gasteiger partial charge in [-0.15, -0.1) is 0 Å². The van der Waals surface area contributed by atoms with E-state index in [1.807, 2.05) is 6.92 Å². The molecule has 0 aliphatic rings. The monoisotopic (exact) mass is 210 g/mol. The van der Waals surface area contributed by atoms with E-state index in [-0.39, 0.29) is 11.8 Å². The normalized spacial score (nSPS) is 12.4. The molecule has 1 rings (SSSR count). The van der Waals surface area contributed by atoms with Crippen molar-refractivity contribution in [2.75, 3.05) is 6.54 Å². The largest absolute Gasteiger partial charge is 0.350 e. The summed E-state index contributed by atoms with van der Waals surface area (Å²) in [4.78, 5) is 18.4. The maximum atomic E-state index is 11.6. The molecule has 1 atom stereocenters. The van der Waals surface area contributed by atoms with Crippen molar-refractivity contribution in [1.82, 2.24) is 15.3 Å². The van der Waals surface area contributed by atoms with Crippen molar-refractivity contribution in [3.05, 3.63) is 18.2 Å². The van der Waals surface area contributed by atoms with Crippen LogP contribution in [0.2, 0.25) is 0 Å². The second-order valence-corrected chi connectivity index (χ2v) is 3.52. The maximum absolute atomic E-state index is 11.6. The second-order valence-electron chi connectivity index (χ2n) is 3.52. The zero-order chi connectivity index (χ0) is 11.1. The van der Waals surface area contributed by atoms with Gasteiger partial charge in [0.05, 0.1) is 24.5 Å². The van der Waals surface area contributed by atoms with E-state index in [1.165, 1.54) is 0 Å². The third-order valence-electron chi connectivity index (χ3n) is 2.30. The first-order valence-corrected chi connectivity index (χ1v) is 5.23. The highest BCUT2D eigenvalue weighted by molar-refractivity contribution is 5.78. The average Bonchev–Trinajstić information content (AvgIpc) is 2.75. The lowest BCUT2D eigenvalue weighted by Crippen LogP contribution is -2.34. The van der Waals surface area contributed by atoms with Gasteiger partial charge in [-0.3, -0.25) is 4.79 Å². The fraction of sp³-hybridized carbons (Fsp3) is 0.600. The number of hydrogen-bond donors (Lipinski definition) is 3. The highest BCUT2D eigenvalue weighted by atomic mass is 16.1. The van der Waals surface area contributed by atoms with Gasteiger partial charge in [-0.2, -0.15) is 0 Å². The molecular formula is C10H18N4O. The highest BCUT2D eigenvalue weighted by Crippen LogP contribution is 2.04. The van der Waals surface area contributed by atoms with Gasteiger partial charge in [0.1, 0.15) is 0 Å². The number of nitrogens with zero attached hydrogens (tertiary/aromatic N) is 1. The van der Waals surface area contributed by atoms with Gasteiger partial charge in [0.25, 0.3) is 0 Å². The van der Waals surface area contributed by atoms with Gasteiger partial charge in [0.2, 0.25) is 5.91 Å². The number of imidazole rings is 1. The van der Waals surface area contributed by atoms with Crippen LogP contribution in [0, 0.1) is 5.92 Å². The molecule has 0 saturated heterocycles. The minimum Gasteiger partial charge on any atom is -0.350 e. The number of carbonyl (C=O) groups is 1. The van der Waals surface area contributed by atoms with E-state index < -0.39 is 0 Å². The van der Waals surface area contributed by atoms with Crippen LogP contribution in [0.3, 0.4) is 0 Å². The van der Waals surface area contributed by atoms with Gasteiger partial charge < -0.3 is 16.0 Å². The summed E-state index contributed by atoms with van der Waals surface area (Å²) in [5.41, 5.74) is 6.43. The highest BCUT2D eigenvalue weighted by Gasteiger charge is 2.14. The van der Waals surface area contributed by atoms with Crippen LogP contribution in [-0.2, 0) is 11.3 Å². The molecule has 0 radical (unpaired) electrons. The summed E-state index contributed by atoms with van der Waals surface area (Å²) >= 11 is 0. The molecule has 0 spiro atoms. The Hall–Kier alpha value is -1.36. The summed E-state index contributed by atoms with van der Waals surface area (Å²) in [5, 5.41) is 2.83. The van der Waals surface area contributed by atoms with Crippen molar-refractivity contribution < 1.29 is 4.79 Å². The number of rotatable bonds is 6. The molecule has 5 heteroatoms. The Kier molecular flexibility index (Phi) is 4.83. The Morgan fingerprint density at radius 1 is 1.73 bits per heavy atom. The average molecular weight is 210 g/mol. The molecule has 0 aromatic carbocycles. The van der Waals surface area contributed by atoms with Crippen LogP contribution < -0.4 is 11.1 Å². The van der Waals surface area contributed by atoms with Crippen LogP contribution in [0.4, 0.5) is 0 Å². The number of aromatic amines is 1. The lowest BCUT2D eigenvalue weighted by atomic mass is 10.0. The summed E-state index contributed by atoms with van der Waals surface area (Å²) in [6, 6.07) is 0. The summed E-state index contributed by atoms with van der Waals surface area (Å²) in [5.74, 6) is -0.0492. The van der Waals surface area contributed by atoms with E-state index in [9.17, 15) is 4.79 Å². The number of carbonyl (C=O) groups excluding carboxylic acids is 1. The Balaban J connectivity index is 2.34. The molecule has 0 aliphatic heterocycles. The smallest absolute Gasteiger partial charge is 0.224 e. The number of aromatic nitrogens is 2. The molecule has 0 saturated carbocycles. The first kappa shape index (κ1) is 11.7. The summed E-state index contributed by atoms with van der Waals surface area (Å²) in [6.07, 6.45) is 5.09. The van der Waals surface area contributed by atoms with E-state index in [0.29, 0.717) is 13.1 Å². The molecule has 1 heterocycles. The van der Waals surface area contributed by atoms with Crippen molar-refractivity contribution in [2.24, 2.45) is 11.7 Å². The quantitative estimate of drug-likeness (QED) is 0.635.